The van der Waals surface area contributed by atoms with Crippen LogP contribution in [0.4, 0.5) is 0 Å². The van der Waals surface area contributed by atoms with E-state index in [9.17, 15) is 4.79 Å². The van der Waals surface area contributed by atoms with Crippen molar-refractivity contribution in [1.82, 2.24) is 20.3 Å². The number of benzene rings is 2. The van der Waals surface area contributed by atoms with E-state index in [1.807, 2.05) is 42.5 Å². The number of amides is 1. The SMILES string of the molecule is C[C@@H](CNC(=O)c1cn(Cc2ccccc2Cl)nn1)c1ccccc1. The molecule has 6 heteroatoms. The van der Waals surface area contributed by atoms with Crippen LogP contribution in [0.5, 0.6) is 0 Å². The van der Waals surface area contributed by atoms with E-state index in [0.29, 0.717) is 23.8 Å². The fourth-order valence-electron chi connectivity index (χ4n) is 2.52. The molecule has 2 aromatic carbocycles. The van der Waals surface area contributed by atoms with Crippen LogP contribution in [0, 0.1) is 0 Å². The van der Waals surface area contributed by atoms with Gasteiger partial charge in [-0.25, -0.2) is 4.68 Å². The van der Waals surface area contributed by atoms with Crippen molar-refractivity contribution in [3.05, 3.63) is 82.6 Å². The van der Waals surface area contributed by atoms with Crippen LogP contribution in [0.1, 0.15) is 34.5 Å². The molecule has 1 atom stereocenters. The lowest BCUT2D eigenvalue weighted by Gasteiger charge is -2.12. The third-order valence-electron chi connectivity index (χ3n) is 4.00. The minimum atomic E-state index is -0.229. The third kappa shape index (κ3) is 4.45. The van der Waals surface area contributed by atoms with Crippen molar-refractivity contribution in [3.8, 4) is 0 Å². The minimum absolute atomic E-state index is 0.225. The molecule has 0 saturated carbocycles. The first-order valence-corrected chi connectivity index (χ1v) is 8.48. The summed E-state index contributed by atoms with van der Waals surface area (Å²) in [7, 11) is 0. The standard InChI is InChI=1S/C19H19ClN4O/c1-14(15-7-3-2-4-8-15)11-21-19(25)18-13-24(23-22-18)12-16-9-5-6-10-17(16)20/h2-10,13-14H,11-12H2,1H3,(H,21,25)/t14-/m0/s1. The molecular formula is C19H19ClN4O. The smallest absolute Gasteiger partial charge is 0.273 e. The predicted molar refractivity (Wildman–Crippen MR) is 97.8 cm³/mol. The third-order valence-corrected chi connectivity index (χ3v) is 4.37. The highest BCUT2D eigenvalue weighted by Gasteiger charge is 2.13. The number of rotatable bonds is 6. The van der Waals surface area contributed by atoms with Crippen LogP contribution < -0.4 is 5.32 Å². The van der Waals surface area contributed by atoms with Gasteiger partial charge in [0.25, 0.3) is 5.91 Å². The van der Waals surface area contributed by atoms with E-state index < -0.39 is 0 Å². The van der Waals surface area contributed by atoms with Gasteiger partial charge in [0.2, 0.25) is 0 Å². The van der Waals surface area contributed by atoms with Gasteiger partial charge in [-0.1, -0.05) is 72.3 Å². The van der Waals surface area contributed by atoms with Crippen LogP contribution in [0.25, 0.3) is 0 Å². The Kier molecular flexibility index (Phi) is 5.46. The van der Waals surface area contributed by atoms with E-state index in [2.05, 4.69) is 34.7 Å². The predicted octanol–water partition coefficient (Wildman–Crippen LogP) is 3.51. The number of halogens is 1. The maximum absolute atomic E-state index is 12.3. The molecule has 3 rings (SSSR count). The summed E-state index contributed by atoms with van der Waals surface area (Å²) in [5, 5.41) is 11.5. The van der Waals surface area contributed by atoms with Crippen LogP contribution in [-0.2, 0) is 6.54 Å². The molecule has 1 amide bonds. The number of nitrogens with one attached hydrogen (secondary N) is 1. The van der Waals surface area contributed by atoms with Gasteiger partial charge in [-0.15, -0.1) is 5.10 Å². The van der Waals surface area contributed by atoms with Crippen LogP contribution in [0.2, 0.25) is 5.02 Å². The second-order valence-electron chi connectivity index (χ2n) is 5.91. The first kappa shape index (κ1) is 17.2. The summed E-state index contributed by atoms with van der Waals surface area (Å²) in [6.07, 6.45) is 1.63. The molecule has 0 radical (unpaired) electrons. The lowest BCUT2D eigenvalue weighted by Crippen LogP contribution is -2.27. The van der Waals surface area contributed by atoms with E-state index in [1.54, 1.807) is 10.9 Å². The van der Waals surface area contributed by atoms with Gasteiger partial charge in [-0.05, 0) is 23.1 Å². The summed E-state index contributed by atoms with van der Waals surface area (Å²) in [4.78, 5) is 12.3. The molecule has 0 aliphatic carbocycles. The topological polar surface area (TPSA) is 59.8 Å². The number of hydrogen-bond donors (Lipinski definition) is 1. The highest BCUT2D eigenvalue weighted by Crippen LogP contribution is 2.16. The van der Waals surface area contributed by atoms with Gasteiger partial charge in [0.15, 0.2) is 5.69 Å². The van der Waals surface area contributed by atoms with Crippen LogP contribution in [0.3, 0.4) is 0 Å². The molecule has 1 N–H and O–H groups in total. The monoisotopic (exact) mass is 354 g/mol. The summed E-state index contributed by atoms with van der Waals surface area (Å²) >= 11 is 6.15. The average molecular weight is 355 g/mol. The maximum atomic E-state index is 12.3. The Hall–Kier alpha value is -2.66. The van der Waals surface area contributed by atoms with Crippen molar-refractivity contribution in [2.45, 2.75) is 19.4 Å². The Bertz CT molecular complexity index is 847. The van der Waals surface area contributed by atoms with Crippen molar-refractivity contribution < 1.29 is 4.79 Å². The Balaban J connectivity index is 1.58. The number of carbonyl (C=O) groups excluding carboxylic acids is 1. The van der Waals surface area contributed by atoms with E-state index in [4.69, 9.17) is 11.6 Å². The van der Waals surface area contributed by atoms with Gasteiger partial charge in [-0.3, -0.25) is 4.79 Å². The first-order valence-electron chi connectivity index (χ1n) is 8.10. The Morgan fingerprint density at radius 3 is 2.64 bits per heavy atom. The average Bonchev–Trinajstić information content (AvgIpc) is 3.11. The molecule has 128 valence electrons. The van der Waals surface area contributed by atoms with Crippen LogP contribution in [-0.4, -0.2) is 27.4 Å². The molecule has 0 aliphatic heterocycles. The summed E-state index contributed by atoms with van der Waals surface area (Å²) in [5.74, 6) is -0.00323. The molecule has 3 aromatic rings. The highest BCUT2D eigenvalue weighted by atomic mass is 35.5. The van der Waals surface area contributed by atoms with Crippen molar-refractivity contribution in [2.75, 3.05) is 6.54 Å². The van der Waals surface area contributed by atoms with Gasteiger partial charge in [-0.2, -0.15) is 0 Å². The lowest BCUT2D eigenvalue weighted by atomic mass is 10.0. The second kappa shape index (κ2) is 7.94. The van der Waals surface area contributed by atoms with Crippen molar-refractivity contribution >= 4 is 17.5 Å². The fraction of sp³-hybridized carbons (Fsp3) is 0.211. The van der Waals surface area contributed by atoms with Crippen LogP contribution >= 0.6 is 11.6 Å². The number of aromatic nitrogens is 3. The Morgan fingerprint density at radius 1 is 1.16 bits per heavy atom. The minimum Gasteiger partial charge on any atom is -0.350 e. The molecule has 0 saturated heterocycles. The second-order valence-corrected chi connectivity index (χ2v) is 6.32. The zero-order valence-electron chi connectivity index (χ0n) is 13.9. The molecule has 1 aromatic heterocycles. The highest BCUT2D eigenvalue weighted by molar-refractivity contribution is 6.31. The quantitative estimate of drug-likeness (QED) is 0.736. The number of nitrogens with zero attached hydrogens (tertiary/aromatic N) is 3. The number of hydrogen-bond acceptors (Lipinski definition) is 3. The van der Waals surface area contributed by atoms with E-state index >= 15 is 0 Å². The van der Waals surface area contributed by atoms with Gasteiger partial charge in [0.05, 0.1) is 12.7 Å². The molecule has 0 fully saturated rings. The van der Waals surface area contributed by atoms with E-state index in [0.717, 1.165) is 5.56 Å². The summed E-state index contributed by atoms with van der Waals surface area (Å²) < 4.78 is 1.61. The van der Waals surface area contributed by atoms with E-state index in [1.165, 1.54) is 5.56 Å². The largest absolute Gasteiger partial charge is 0.350 e. The molecule has 0 aliphatic rings. The lowest BCUT2D eigenvalue weighted by molar-refractivity contribution is 0.0946. The fourth-order valence-corrected chi connectivity index (χ4v) is 2.71. The normalized spacial score (nSPS) is 11.9. The molecule has 25 heavy (non-hydrogen) atoms. The van der Waals surface area contributed by atoms with Crippen molar-refractivity contribution in [3.63, 3.8) is 0 Å². The van der Waals surface area contributed by atoms with Crippen molar-refractivity contribution in [1.29, 1.82) is 0 Å². The zero-order chi connectivity index (χ0) is 17.6. The van der Waals surface area contributed by atoms with Gasteiger partial charge in [0.1, 0.15) is 0 Å². The first-order chi connectivity index (χ1) is 12.1. The Morgan fingerprint density at radius 2 is 1.88 bits per heavy atom. The Labute approximate surface area is 151 Å². The summed E-state index contributed by atoms with van der Waals surface area (Å²) in [6, 6.07) is 17.6. The van der Waals surface area contributed by atoms with Gasteiger partial charge in [0, 0.05) is 11.6 Å². The molecule has 1 heterocycles. The number of carbonyl (C=O) groups is 1. The van der Waals surface area contributed by atoms with Crippen molar-refractivity contribution in [2.24, 2.45) is 0 Å². The van der Waals surface area contributed by atoms with E-state index in [-0.39, 0.29) is 11.8 Å². The molecule has 0 unspecified atom stereocenters. The molecule has 5 nitrogen and oxygen atoms in total. The van der Waals surface area contributed by atoms with Gasteiger partial charge < -0.3 is 5.32 Å². The summed E-state index contributed by atoms with van der Waals surface area (Å²) in [6.45, 7) is 3.09. The van der Waals surface area contributed by atoms with Crippen LogP contribution in [0.15, 0.2) is 60.8 Å². The molecule has 0 spiro atoms. The maximum Gasteiger partial charge on any atom is 0.273 e. The summed E-state index contributed by atoms with van der Waals surface area (Å²) in [5.41, 5.74) is 2.41. The zero-order valence-corrected chi connectivity index (χ0v) is 14.6. The van der Waals surface area contributed by atoms with Gasteiger partial charge >= 0.3 is 0 Å². The molecule has 0 bridgehead atoms. The molecular weight excluding hydrogens is 336 g/mol.